The fourth-order valence-corrected chi connectivity index (χ4v) is 9.25. The second-order valence-electron chi connectivity index (χ2n) is 12.1. The number of hydrogen-bond donors (Lipinski definition) is 0. The monoisotopic (exact) mass is 604 g/mol. The van der Waals surface area contributed by atoms with Crippen molar-refractivity contribution in [2.45, 2.75) is 0 Å². The van der Waals surface area contributed by atoms with Crippen LogP contribution in [0.4, 0.5) is 0 Å². The SMILES string of the molecule is c1ccc(-n2c3ccccc3c3c4sc5c(ccc6c5c5ccc7oc8ccccc8c7c5n6-c5ccccc5)c4ccc32)cc1. The molecule has 0 saturated carbocycles. The van der Waals surface area contributed by atoms with E-state index in [1.165, 1.54) is 69.5 Å². The van der Waals surface area contributed by atoms with Crippen molar-refractivity contribution in [3.63, 3.8) is 0 Å². The zero-order chi connectivity index (χ0) is 29.9. The van der Waals surface area contributed by atoms with Gasteiger partial charge < -0.3 is 13.6 Å². The molecule has 4 aromatic heterocycles. The second-order valence-corrected chi connectivity index (χ2v) is 13.1. The molecule has 0 spiro atoms. The summed E-state index contributed by atoms with van der Waals surface area (Å²) in [5.74, 6) is 0. The Morgan fingerprint density at radius 1 is 0.370 bits per heavy atom. The van der Waals surface area contributed by atoms with Gasteiger partial charge in [-0.25, -0.2) is 0 Å². The molecule has 3 nitrogen and oxygen atoms in total. The van der Waals surface area contributed by atoms with Gasteiger partial charge in [0, 0.05) is 58.5 Å². The Morgan fingerprint density at radius 2 is 0.935 bits per heavy atom. The van der Waals surface area contributed by atoms with Crippen LogP contribution >= 0.6 is 11.3 Å². The third kappa shape index (κ3) is 3.06. The van der Waals surface area contributed by atoms with Gasteiger partial charge in [-0.05, 0) is 60.7 Å². The topological polar surface area (TPSA) is 23.0 Å². The van der Waals surface area contributed by atoms with E-state index in [1.807, 2.05) is 17.4 Å². The van der Waals surface area contributed by atoms with E-state index in [-0.39, 0.29) is 0 Å². The number of fused-ring (bicyclic) bond motifs is 15. The van der Waals surface area contributed by atoms with Crippen LogP contribution in [0, 0.1) is 0 Å². The molecule has 11 aromatic rings. The van der Waals surface area contributed by atoms with E-state index in [9.17, 15) is 0 Å². The molecule has 0 amide bonds. The van der Waals surface area contributed by atoms with Crippen LogP contribution in [-0.2, 0) is 0 Å². The fourth-order valence-electron chi connectivity index (χ4n) is 7.84. The Bertz CT molecular complexity index is 3010. The van der Waals surface area contributed by atoms with Gasteiger partial charge in [0.05, 0.1) is 27.5 Å². The molecule has 0 N–H and O–H groups in total. The highest BCUT2D eigenvalue weighted by atomic mass is 32.1. The number of benzene rings is 7. The minimum atomic E-state index is 0.914. The molecule has 214 valence electrons. The lowest BCUT2D eigenvalue weighted by Crippen LogP contribution is -1.93. The van der Waals surface area contributed by atoms with E-state index in [1.54, 1.807) is 0 Å². The number of para-hydroxylation sites is 4. The van der Waals surface area contributed by atoms with Crippen LogP contribution in [0.2, 0.25) is 0 Å². The number of hydrogen-bond acceptors (Lipinski definition) is 2. The summed E-state index contributed by atoms with van der Waals surface area (Å²) in [6, 6.07) is 52.4. The van der Waals surface area contributed by atoms with Crippen LogP contribution in [0.3, 0.4) is 0 Å². The van der Waals surface area contributed by atoms with Crippen molar-refractivity contribution in [2.75, 3.05) is 0 Å². The van der Waals surface area contributed by atoms with Crippen LogP contribution in [0.25, 0.3) is 97.1 Å². The van der Waals surface area contributed by atoms with Crippen LogP contribution in [0.1, 0.15) is 0 Å². The Hall–Kier alpha value is -5.84. The van der Waals surface area contributed by atoms with Crippen molar-refractivity contribution in [3.05, 3.63) is 146 Å². The quantitative estimate of drug-likeness (QED) is 0.192. The molecule has 0 bridgehead atoms. The van der Waals surface area contributed by atoms with Gasteiger partial charge in [-0.2, -0.15) is 0 Å². The average Bonchev–Trinajstić information content (AvgIpc) is 3.85. The summed E-state index contributed by atoms with van der Waals surface area (Å²) in [7, 11) is 0. The van der Waals surface area contributed by atoms with Crippen LogP contribution in [0.15, 0.2) is 150 Å². The standard InChI is InChI=1S/C42H24N2OS/c1-3-11-25(12-4-1)43-32-17-9-7-15-29(32)37-33(43)22-19-27-28-20-23-34-38(42(28)46-41(27)37)31-21-24-36-39(30-16-8-10-18-35(30)45-36)40(31)44(34)26-13-5-2-6-14-26/h1-24H. The summed E-state index contributed by atoms with van der Waals surface area (Å²) >= 11 is 1.93. The van der Waals surface area contributed by atoms with Gasteiger partial charge in [0.1, 0.15) is 11.2 Å². The lowest BCUT2D eigenvalue weighted by atomic mass is 10.0. The lowest BCUT2D eigenvalue weighted by Gasteiger charge is -2.08. The van der Waals surface area contributed by atoms with Crippen molar-refractivity contribution >= 4 is 97.1 Å². The maximum Gasteiger partial charge on any atom is 0.137 e. The molecule has 0 radical (unpaired) electrons. The van der Waals surface area contributed by atoms with Gasteiger partial charge in [-0.3, -0.25) is 0 Å². The van der Waals surface area contributed by atoms with Crippen molar-refractivity contribution in [3.8, 4) is 11.4 Å². The molecule has 0 aliphatic rings. The van der Waals surface area contributed by atoms with E-state index in [2.05, 4.69) is 149 Å². The first-order valence-corrected chi connectivity index (χ1v) is 16.4. The number of thiophene rings is 1. The predicted molar refractivity (Wildman–Crippen MR) is 195 cm³/mol. The molecule has 0 aliphatic heterocycles. The van der Waals surface area contributed by atoms with Gasteiger partial charge in [0.25, 0.3) is 0 Å². The van der Waals surface area contributed by atoms with Crippen molar-refractivity contribution < 1.29 is 4.42 Å². The third-order valence-electron chi connectivity index (χ3n) is 9.70. The van der Waals surface area contributed by atoms with Gasteiger partial charge in [-0.1, -0.05) is 84.9 Å². The first kappa shape index (κ1) is 24.5. The highest BCUT2D eigenvalue weighted by Gasteiger charge is 2.23. The molecule has 0 atom stereocenters. The Morgan fingerprint density at radius 3 is 1.67 bits per heavy atom. The second kappa shape index (κ2) is 8.87. The molecule has 4 heterocycles. The molecular weight excluding hydrogens is 581 g/mol. The molecular formula is C42H24N2OS. The number of furan rings is 1. The molecule has 0 fully saturated rings. The summed E-state index contributed by atoms with van der Waals surface area (Å²) in [5.41, 5.74) is 9.03. The van der Waals surface area contributed by atoms with E-state index >= 15 is 0 Å². The van der Waals surface area contributed by atoms with E-state index in [0.29, 0.717) is 0 Å². The predicted octanol–water partition coefficient (Wildman–Crippen LogP) is 12.1. The highest BCUT2D eigenvalue weighted by molar-refractivity contribution is 7.27. The largest absolute Gasteiger partial charge is 0.456 e. The van der Waals surface area contributed by atoms with Crippen LogP contribution in [-0.4, -0.2) is 9.13 Å². The first-order chi connectivity index (χ1) is 22.8. The van der Waals surface area contributed by atoms with Gasteiger partial charge in [0.15, 0.2) is 0 Å². The maximum absolute atomic E-state index is 6.40. The lowest BCUT2D eigenvalue weighted by molar-refractivity contribution is 0.669. The molecule has 11 rings (SSSR count). The molecule has 46 heavy (non-hydrogen) atoms. The number of rotatable bonds is 2. The Labute approximate surface area is 266 Å². The van der Waals surface area contributed by atoms with Gasteiger partial charge in [-0.15, -0.1) is 11.3 Å². The van der Waals surface area contributed by atoms with Crippen molar-refractivity contribution in [2.24, 2.45) is 0 Å². The first-order valence-electron chi connectivity index (χ1n) is 15.6. The zero-order valence-corrected chi connectivity index (χ0v) is 25.4. The normalized spacial score (nSPS) is 12.3. The van der Waals surface area contributed by atoms with Gasteiger partial charge in [0.2, 0.25) is 0 Å². The summed E-state index contributed by atoms with van der Waals surface area (Å²) < 4.78 is 13.9. The number of aromatic nitrogens is 2. The van der Waals surface area contributed by atoms with Crippen LogP contribution < -0.4 is 0 Å². The van der Waals surface area contributed by atoms with E-state index < -0.39 is 0 Å². The van der Waals surface area contributed by atoms with Crippen LogP contribution in [0.5, 0.6) is 0 Å². The maximum atomic E-state index is 6.40. The smallest absolute Gasteiger partial charge is 0.137 e. The molecule has 0 unspecified atom stereocenters. The van der Waals surface area contributed by atoms with Crippen molar-refractivity contribution in [1.82, 2.24) is 9.13 Å². The van der Waals surface area contributed by atoms with E-state index in [4.69, 9.17) is 4.42 Å². The van der Waals surface area contributed by atoms with Gasteiger partial charge >= 0.3 is 0 Å². The summed E-state index contributed by atoms with van der Waals surface area (Å²) in [5, 5.41) is 10.1. The highest BCUT2D eigenvalue weighted by Crippen LogP contribution is 2.49. The summed E-state index contributed by atoms with van der Waals surface area (Å²) in [4.78, 5) is 0. The molecule has 4 heteroatoms. The Kier molecular flexibility index (Phi) is 4.72. The third-order valence-corrected chi connectivity index (χ3v) is 11.0. The fraction of sp³-hybridized carbons (Fsp3) is 0. The Balaban J connectivity index is 1.35. The minimum Gasteiger partial charge on any atom is -0.456 e. The molecule has 7 aromatic carbocycles. The average molecular weight is 605 g/mol. The summed E-state index contributed by atoms with van der Waals surface area (Å²) in [6.45, 7) is 0. The summed E-state index contributed by atoms with van der Waals surface area (Å²) in [6.07, 6.45) is 0. The molecule has 0 saturated heterocycles. The van der Waals surface area contributed by atoms with Crippen molar-refractivity contribution in [1.29, 1.82) is 0 Å². The molecule has 0 aliphatic carbocycles. The zero-order valence-electron chi connectivity index (χ0n) is 24.6. The van der Waals surface area contributed by atoms with E-state index in [0.717, 1.165) is 27.6 Å². The minimum absolute atomic E-state index is 0.914. The number of nitrogens with zero attached hydrogens (tertiary/aromatic N) is 2.